The maximum atomic E-state index is 13.9. The Morgan fingerprint density at radius 3 is 1.74 bits per heavy atom. The number of alkyl halides is 9. The predicted molar refractivity (Wildman–Crippen MR) is 163 cm³/mol. The summed E-state index contributed by atoms with van der Waals surface area (Å²) in [5.74, 6) is -0.379. The number of halogens is 9. The molecule has 0 atom stereocenters. The highest BCUT2D eigenvalue weighted by Crippen LogP contribution is 2.41. The van der Waals surface area contributed by atoms with Crippen molar-refractivity contribution in [3.8, 4) is 28.0 Å². The second kappa shape index (κ2) is 14.3. The maximum Gasteiger partial charge on any atom is 0.416 e. The van der Waals surface area contributed by atoms with Gasteiger partial charge in [0.2, 0.25) is 0 Å². The van der Waals surface area contributed by atoms with Crippen molar-refractivity contribution in [1.29, 1.82) is 0 Å². The molecule has 266 valence electrons. The first-order valence-corrected chi connectivity index (χ1v) is 14.5. The molecule has 4 aromatic carbocycles. The van der Waals surface area contributed by atoms with Gasteiger partial charge in [-0.3, -0.25) is 4.90 Å². The van der Waals surface area contributed by atoms with E-state index in [-0.39, 0.29) is 34.1 Å². The number of benzene rings is 4. The lowest BCUT2D eigenvalue weighted by atomic mass is 9.91. The van der Waals surface area contributed by atoms with Gasteiger partial charge in [-0.1, -0.05) is 18.2 Å². The lowest BCUT2D eigenvalue weighted by Crippen LogP contribution is -2.30. The highest BCUT2D eigenvalue weighted by molar-refractivity contribution is 5.91. The molecule has 0 aliphatic heterocycles. The van der Waals surface area contributed by atoms with E-state index in [0.717, 1.165) is 25.3 Å². The first-order chi connectivity index (χ1) is 23.3. The smallest absolute Gasteiger partial charge is 0.416 e. The molecule has 6 nitrogen and oxygen atoms in total. The van der Waals surface area contributed by atoms with Crippen LogP contribution in [-0.2, 0) is 41.1 Å². The summed E-state index contributed by atoms with van der Waals surface area (Å²) in [5, 5.41) is 0. The number of hydrogen-bond donors (Lipinski definition) is 0. The lowest BCUT2D eigenvalue weighted by Gasteiger charge is -2.25. The van der Waals surface area contributed by atoms with Crippen LogP contribution >= 0.6 is 0 Å². The topological polar surface area (TPSA) is 65.1 Å². The van der Waals surface area contributed by atoms with Gasteiger partial charge in [-0.15, -0.1) is 0 Å². The largest absolute Gasteiger partial charge is 0.496 e. The second-order valence-corrected chi connectivity index (χ2v) is 11.0. The fourth-order valence-electron chi connectivity index (χ4n) is 5.33. The van der Waals surface area contributed by atoms with E-state index in [1.54, 1.807) is 37.3 Å². The van der Waals surface area contributed by atoms with Crippen LogP contribution in [0.15, 0.2) is 72.8 Å². The summed E-state index contributed by atoms with van der Waals surface area (Å²) in [6.45, 7) is 0.101. The molecule has 15 heteroatoms. The van der Waals surface area contributed by atoms with Crippen LogP contribution in [-0.4, -0.2) is 38.3 Å². The summed E-state index contributed by atoms with van der Waals surface area (Å²) < 4.78 is 138. The number of carbonyl (C=O) groups is 2. The van der Waals surface area contributed by atoms with Crippen LogP contribution in [0.1, 0.15) is 43.7 Å². The van der Waals surface area contributed by atoms with Crippen LogP contribution < -0.4 is 4.74 Å². The number of ether oxygens (including phenoxy) is 3. The van der Waals surface area contributed by atoms with Gasteiger partial charge in [-0.05, 0) is 94.9 Å². The van der Waals surface area contributed by atoms with Gasteiger partial charge in [-0.25, -0.2) is 9.59 Å². The summed E-state index contributed by atoms with van der Waals surface area (Å²) in [6, 6.07) is 12.9. The number of esters is 1. The van der Waals surface area contributed by atoms with E-state index in [9.17, 15) is 49.1 Å². The van der Waals surface area contributed by atoms with Crippen LogP contribution in [0.25, 0.3) is 22.3 Å². The van der Waals surface area contributed by atoms with Gasteiger partial charge in [0.05, 0.1) is 43.6 Å². The van der Waals surface area contributed by atoms with Gasteiger partial charge in [0, 0.05) is 18.7 Å². The first-order valence-electron chi connectivity index (χ1n) is 14.5. The van der Waals surface area contributed by atoms with Gasteiger partial charge < -0.3 is 14.2 Å². The summed E-state index contributed by atoms with van der Waals surface area (Å²) in [7, 11) is 3.44. The van der Waals surface area contributed by atoms with Crippen molar-refractivity contribution < 1.29 is 63.3 Å². The van der Waals surface area contributed by atoms with Crippen LogP contribution in [0.5, 0.6) is 5.75 Å². The van der Waals surface area contributed by atoms with Gasteiger partial charge in [0.1, 0.15) is 5.75 Å². The monoisotopic (exact) mass is 713 g/mol. The third-order valence-electron chi connectivity index (χ3n) is 7.70. The molecule has 1 amide bonds. The van der Waals surface area contributed by atoms with Crippen LogP contribution in [0, 0.1) is 6.92 Å². The molecule has 0 bridgehead atoms. The number of aryl methyl sites for hydroxylation is 1. The average Bonchev–Trinajstić information content (AvgIpc) is 3.05. The Labute approximate surface area is 280 Å². The van der Waals surface area contributed by atoms with E-state index >= 15 is 0 Å². The fourth-order valence-corrected chi connectivity index (χ4v) is 5.33. The minimum atomic E-state index is -5.18. The van der Waals surface area contributed by atoms with Crippen molar-refractivity contribution in [3.63, 3.8) is 0 Å². The third-order valence-corrected chi connectivity index (χ3v) is 7.70. The standard InChI is InChI=1S/C35H28F9NO5/c1-19-11-22(31(46)49-3)5-8-27(19)21-6-10-30(48-2)29(15-21)28-9-7-24(33(36,37)38)14-23(28)18-45(32(47)50-4)17-20-12-25(34(39,40)41)16-26(13-20)35(42,43)44/h5-16H,17-18H2,1-4H3. The zero-order valence-electron chi connectivity index (χ0n) is 26.7. The number of hydrogen-bond acceptors (Lipinski definition) is 5. The minimum Gasteiger partial charge on any atom is -0.496 e. The number of rotatable bonds is 8. The summed E-state index contributed by atoms with van der Waals surface area (Å²) in [5.41, 5.74) is -2.73. The van der Waals surface area contributed by atoms with Crippen molar-refractivity contribution in [3.05, 3.63) is 112 Å². The minimum absolute atomic E-state index is 0.0825. The molecule has 4 aromatic rings. The van der Waals surface area contributed by atoms with Gasteiger partial charge in [0.15, 0.2) is 0 Å². The fraction of sp³-hybridized carbons (Fsp3) is 0.257. The molecule has 50 heavy (non-hydrogen) atoms. The number of carbonyl (C=O) groups excluding carboxylic acids is 2. The summed E-state index contributed by atoms with van der Waals surface area (Å²) in [6.07, 6.45) is -16.5. The number of nitrogens with zero attached hydrogens (tertiary/aromatic N) is 1. The Bertz CT molecular complexity index is 1870. The zero-order chi connectivity index (χ0) is 37.2. The van der Waals surface area contributed by atoms with Gasteiger partial charge in [-0.2, -0.15) is 39.5 Å². The Kier molecular flexibility index (Phi) is 10.8. The quantitative estimate of drug-likeness (QED) is 0.134. The molecule has 0 heterocycles. The van der Waals surface area contributed by atoms with Crippen LogP contribution in [0.2, 0.25) is 0 Å². The van der Waals surface area contributed by atoms with E-state index in [1.165, 1.54) is 20.3 Å². The van der Waals surface area contributed by atoms with Crippen molar-refractivity contribution in [2.75, 3.05) is 21.3 Å². The molecule has 0 fully saturated rings. The Morgan fingerprint density at radius 2 is 1.22 bits per heavy atom. The van der Waals surface area contributed by atoms with Crippen molar-refractivity contribution in [1.82, 2.24) is 4.90 Å². The summed E-state index contributed by atoms with van der Waals surface area (Å²) >= 11 is 0. The molecule has 0 saturated carbocycles. The molecule has 0 unspecified atom stereocenters. The molecule has 0 aromatic heterocycles. The van der Waals surface area contributed by atoms with E-state index in [1.807, 2.05) is 0 Å². The van der Waals surface area contributed by atoms with E-state index in [0.29, 0.717) is 33.7 Å². The summed E-state index contributed by atoms with van der Waals surface area (Å²) in [4.78, 5) is 25.6. The van der Waals surface area contributed by atoms with Crippen molar-refractivity contribution in [2.24, 2.45) is 0 Å². The Hall–Kier alpha value is -5.21. The normalized spacial score (nSPS) is 12.0. The lowest BCUT2D eigenvalue weighted by molar-refractivity contribution is -0.143. The van der Waals surface area contributed by atoms with Crippen LogP contribution in [0.4, 0.5) is 44.3 Å². The van der Waals surface area contributed by atoms with E-state index in [4.69, 9.17) is 14.2 Å². The number of methoxy groups -OCH3 is 3. The second-order valence-electron chi connectivity index (χ2n) is 11.0. The number of amides is 1. The molecule has 0 aliphatic rings. The molecule has 0 aliphatic carbocycles. The molecule has 0 N–H and O–H groups in total. The highest BCUT2D eigenvalue weighted by Gasteiger charge is 2.37. The zero-order valence-corrected chi connectivity index (χ0v) is 26.7. The van der Waals surface area contributed by atoms with Crippen molar-refractivity contribution in [2.45, 2.75) is 38.5 Å². The van der Waals surface area contributed by atoms with Crippen LogP contribution in [0.3, 0.4) is 0 Å². The van der Waals surface area contributed by atoms with E-state index in [2.05, 4.69) is 0 Å². The highest BCUT2D eigenvalue weighted by atomic mass is 19.4. The van der Waals surface area contributed by atoms with Crippen molar-refractivity contribution >= 4 is 12.1 Å². The maximum absolute atomic E-state index is 13.9. The third kappa shape index (κ3) is 8.50. The van der Waals surface area contributed by atoms with Gasteiger partial charge in [0.25, 0.3) is 0 Å². The molecule has 4 rings (SSSR count). The molecular weight excluding hydrogens is 685 g/mol. The Balaban J connectivity index is 1.88. The first kappa shape index (κ1) is 37.6. The Morgan fingerprint density at radius 1 is 0.620 bits per heavy atom. The van der Waals surface area contributed by atoms with E-state index < -0.39 is 65.9 Å². The van der Waals surface area contributed by atoms with Gasteiger partial charge >= 0.3 is 30.6 Å². The average molecular weight is 714 g/mol. The molecular formula is C35H28F9NO5. The molecule has 0 saturated heterocycles. The SMILES string of the molecule is COC(=O)c1ccc(-c2ccc(OC)c(-c3ccc(C(F)(F)F)cc3CN(Cc3cc(C(F)(F)F)cc(C(F)(F)F)c3)C(=O)OC)c2)c(C)c1. The predicted octanol–water partition coefficient (Wildman–Crippen LogP) is 9.95. The molecule has 0 radical (unpaired) electrons. The molecule has 0 spiro atoms.